The van der Waals surface area contributed by atoms with Crippen LogP contribution in [0.5, 0.6) is 11.5 Å². The first-order chi connectivity index (χ1) is 13.6. The molecule has 1 fully saturated rings. The predicted molar refractivity (Wildman–Crippen MR) is 112 cm³/mol. The lowest BCUT2D eigenvalue weighted by atomic mass is 10.1. The molecule has 2 aromatic carbocycles. The molecule has 1 heterocycles. The Kier molecular flexibility index (Phi) is 6.80. The van der Waals surface area contributed by atoms with E-state index >= 15 is 0 Å². The molecule has 0 unspecified atom stereocenters. The summed E-state index contributed by atoms with van der Waals surface area (Å²) in [5.74, 6) is 1.39. The summed E-state index contributed by atoms with van der Waals surface area (Å²) in [4.78, 5) is 16.8. The fraction of sp³-hybridized carbons (Fsp3) is 0.435. The van der Waals surface area contributed by atoms with E-state index in [1.54, 1.807) is 19.1 Å². The zero-order valence-corrected chi connectivity index (χ0v) is 17.1. The Morgan fingerprint density at radius 1 is 0.929 bits per heavy atom. The third-order valence-electron chi connectivity index (χ3n) is 5.31. The lowest BCUT2D eigenvalue weighted by Gasteiger charge is -2.29. The zero-order valence-electron chi connectivity index (χ0n) is 17.1. The van der Waals surface area contributed by atoms with Gasteiger partial charge in [-0.1, -0.05) is 18.2 Å². The number of carbonyl (C=O) groups excluding carboxylic acids is 1. The van der Waals surface area contributed by atoms with Gasteiger partial charge in [0.25, 0.3) is 0 Å². The van der Waals surface area contributed by atoms with Crippen molar-refractivity contribution in [2.24, 2.45) is 0 Å². The molecular weight excluding hydrogens is 352 g/mol. The molecule has 3 rings (SSSR count). The van der Waals surface area contributed by atoms with E-state index in [0.717, 1.165) is 24.2 Å². The van der Waals surface area contributed by atoms with Crippen molar-refractivity contribution in [1.82, 2.24) is 4.90 Å². The van der Waals surface area contributed by atoms with Crippen LogP contribution in [0, 0.1) is 0 Å². The molecule has 0 bridgehead atoms. The summed E-state index contributed by atoms with van der Waals surface area (Å²) in [6, 6.07) is 14.2. The number of nitrogens with zero attached hydrogens (tertiary/aromatic N) is 2. The predicted octanol–water partition coefficient (Wildman–Crippen LogP) is 3.90. The van der Waals surface area contributed by atoms with Gasteiger partial charge >= 0.3 is 0 Å². The molecule has 0 N–H and O–H groups in total. The van der Waals surface area contributed by atoms with Gasteiger partial charge in [-0.3, -0.25) is 4.79 Å². The minimum atomic E-state index is 0.0762. The number of rotatable bonds is 7. The van der Waals surface area contributed by atoms with E-state index in [-0.39, 0.29) is 5.91 Å². The van der Waals surface area contributed by atoms with Gasteiger partial charge in [-0.25, -0.2) is 0 Å². The van der Waals surface area contributed by atoms with E-state index in [9.17, 15) is 4.79 Å². The molecule has 0 atom stereocenters. The van der Waals surface area contributed by atoms with Crippen LogP contribution >= 0.6 is 0 Å². The molecule has 0 aliphatic carbocycles. The summed E-state index contributed by atoms with van der Waals surface area (Å²) in [6.07, 6.45) is 4.22. The van der Waals surface area contributed by atoms with Gasteiger partial charge in [0.2, 0.25) is 5.91 Å². The highest BCUT2D eigenvalue weighted by Crippen LogP contribution is 2.28. The van der Waals surface area contributed by atoms with Crippen molar-refractivity contribution >= 4 is 11.6 Å². The number of anilines is 1. The summed E-state index contributed by atoms with van der Waals surface area (Å²) in [5, 5.41) is 0. The number of carbonyl (C=O) groups is 1. The lowest BCUT2D eigenvalue weighted by molar-refractivity contribution is -0.129. The van der Waals surface area contributed by atoms with E-state index in [0.29, 0.717) is 24.5 Å². The molecule has 0 spiro atoms. The molecule has 5 heteroatoms. The highest BCUT2D eigenvalue weighted by Gasteiger charge is 2.14. The third kappa shape index (κ3) is 4.97. The van der Waals surface area contributed by atoms with Crippen molar-refractivity contribution in [2.45, 2.75) is 32.2 Å². The normalized spacial score (nSPS) is 13.9. The van der Waals surface area contributed by atoms with Gasteiger partial charge in [-0.2, -0.15) is 0 Å². The number of amides is 1. The van der Waals surface area contributed by atoms with E-state index in [4.69, 9.17) is 9.47 Å². The van der Waals surface area contributed by atoms with Crippen molar-refractivity contribution in [3.63, 3.8) is 0 Å². The Morgan fingerprint density at radius 3 is 2.21 bits per heavy atom. The number of piperidine rings is 1. The Bertz CT molecular complexity index is 783. The van der Waals surface area contributed by atoms with Gasteiger partial charge in [0.05, 0.1) is 20.6 Å². The largest absolute Gasteiger partial charge is 0.493 e. The van der Waals surface area contributed by atoms with Gasteiger partial charge in [-0.05, 0) is 54.7 Å². The molecule has 5 nitrogen and oxygen atoms in total. The molecule has 2 aromatic rings. The van der Waals surface area contributed by atoms with Gasteiger partial charge in [-0.15, -0.1) is 0 Å². The average molecular weight is 383 g/mol. The van der Waals surface area contributed by atoms with Crippen LogP contribution in [0.3, 0.4) is 0 Å². The van der Waals surface area contributed by atoms with Gasteiger partial charge < -0.3 is 19.3 Å². The first kappa shape index (κ1) is 20.1. The van der Waals surface area contributed by atoms with Crippen molar-refractivity contribution < 1.29 is 14.3 Å². The Hall–Kier alpha value is -2.69. The monoisotopic (exact) mass is 382 g/mol. The second kappa shape index (κ2) is 9.49. The molecule has 1 aliphatic heterocycles. The van der Waals surface area contributed by atoms with Crippen LogP contribution in [0.4, 0.5) is 5.69 Å². The summed E-state index contributed by atoms with van der Waals surface area (Å²) in [5.41, 5.74) is 3.33. The van der Waals surface area contributed by atoms with Crippen molar-refractivity contribution in [2.75, 3.05) is 39.3 Å². The summed E-state index contributed by atoms with van der Waals surface area (Å²) in [6.45, 7) is 2.89. The van der Waals surface area contributed by atoms with Crippen LogP contribution in [-0.2, 0) is 17.8 Å². The molecule has 150 valence electrons. The minimum Gasteiger partial charge on any atom is -0.493 e. The summed E-state index contributed by atoms with van der Waals surface area (Å²) < 4.78 is 10.6. The fourth-order valence-corrected chi connectivity index (χ4v) is 3.63. The van der Waals surface area contributed by atoms with Crippen LogP contribution in [0.15, 0.2) is 42.5 Å². The number of hydrogen-bond donors (Lipinski definition) is 0. The van der Waals surface area contributed by atoms with E-state index in [2.05, 4.69) is 29.2 Å². The number of methoxy groups -OCH3 is 2. The fourth-order valence-electron chi connectivity index (χ4n) is 3.63. The third-order valence-corrected chi connectivity index (χ3v) is 5.31. The van der Waals surface area contributed by atoms with E-state index in [1.807, 2.05) is 25.2 Å². The molecule has 0 aromatic heterocycles. The van der Waals surface area contributed by atoms with Crippen LogP contribution in [0.1, 0.15) is 30.4 Å². The molecule has 1 amide bonds. The van der Waals surface area contributed by atoms with Gasteiger partial charge in [0.1, 0.15) is 0 Å². The molecule has 1 saturated heterocycles. The van der Waals surface area contributed by atoms with Crippen LogP contribution < -0.4 is 14.4 Å². The Labute approximate surface area is 167 Å². The van der Waals surface area contributed by atoms with E-state index in [1.165, 1.54) is 24.9 Å². The number of hydrogen-bond acceptors (Lipinski definition) is 4. The molecule has 28 heavy (non-hydrogen) atoms. The van der Waals surface area contributed by atoms with Gasteiger partial charge in [0.15, 0.2) is 11.5 Å². The van der Waals surface area contributed by atoms with Crippen molar-refractivity contribution in [3.8, 4) is 11.5 Å². The van der Waals surface area contributed by atoms with Gasteiger partial charge in [0, 0.05) is 32.4 Å². The first-order valence-electron chi connectivity index (χ1n) is 9.89. The summed E-state index contributed by atoms with van der Waals surface area (Å²) in [7, 11) is 5.05. The smallest absolute Gasteiger partial charge is 0.227 e. The first-order valence-corrected chi connectivity index (χ1v) is 9.89. The Morgan fingerprint density at radius 2 is 1.57 bits per heavy atom. The zero-order chi connectivity index (χ0) is 19.9. The highest BCUT2D eigenvalue weighted by molar-refractivity contribution is 5.78. The Balaban J connectivity index is 1.58. The standard InChI is InChI=1S/C23H30N2O3/c1-24(23(26)16-19-9-12-21(27-2)22(15-19)28-3)17-18-7-10-20(11-8-18)25-13-5-4-6-14-25/h7-12,15H,4-6,13-14,16-17H2,1-3H3. The molecule has 0 saturated carbocycles. The van der Waals surface area contributed by atoms with Crippen molar-refractivity contribution in [3.05, 3.63) is 53.6 Å². The molecule has 1 aliphatic rings. The summed E-state index contributed by atoms with van der Waals surface area (Å²) >= 11 is 0. The van der Waals surface area contributed by atoms with Crippen LogP contribution in [0.25, 0.3) is 0 Å². The minimum absolute atomic E-state index is 0.0762. The lowest BCUT2D eigenvalue weighted by Crippen LogP contribution is -2.29. The number of benzene rings is 2. The highest BCUT2D eigenvalue weighted by atomic mass is 16.5. The number of ether oxygens (including phenoxy) is 2. The average Bonchev–Trinajstić information content (AvgIpc) is 2.74. The van der Waals surface area contributed by atoms with Crippen LogP contribution in [0.2, 0.25) is 0 Å². The maximum Gasteiger partial charge on any atom is 0.227 e. The molecule has 0 radical (unpaired) electrons. The maximum atomic E-state index is 12.6. The maximum absolute atomic E-state index is 12.6. The van der Waals surface area contributed by atoms with Crippen LogP contribution in [-0.4, -0.2) is 45.2 Å². The quantitative estimate of drug-likeness (QED) is 0.728. The number of likely N-dealkylation sites (N-methyl/N-ethyl adjacent to an activating group) is 1. The SMILES string of the molecule is COc1ccc(CC(=O)N(C)Cc2ccc(N3CCCCC3)cc2)cc1OC. The second-order valence-electron chi connectivity index (χ2n) is 7.33. The van der Waals surface area contributed by atoms with Crippen molar-refractivity contribution in [1.29, 1.82) is 0 Å². The molecular formula is C23H30N2O3. The van der Waals surface area contributed by atoms with E-state index < -0.39 is 0 Å². The second-order valence-corrected chi connectivity index (χ2v) is 7.33. The topological polar surface area (TPSA) is 42.0 Å².